The molecule has 0 aliphatic carbocycles. The van der Waals surface area contributed by atoms with Crippen molar-refractivity contribution in [3.8, 4) is 0 Å². The molecule has 3 rings (SSSR count). The van der Waals surface area contributed by atoms with Gasteiger partial charge in [-0.2, -0.15) is 0 Å². The Kier molecular flexibility index (Phi) is 4.98. The van der Waals surface area contributed by atoms with Gasteiger partial charge in [0.05, 0.1) is 18.8 Å². The Morgan fingerprint density at radius 3 is 2.83 bits per heavy atom. The first-order valence-corrected chi connectivity index (χ1v) is 8.27. The zero-order valence-electron chi connectivity index (χ0n) is 13.9. The number of benzene rings is 1. The van der Waals surface area contributed by atoms with Crippen LogP contribution in [0.1, 0.15) is 17.3 Å². The van der Waals surface area contributed by atoms with Crippen LogP contribution in [0.5, 0.6) is 0 Å². The molecule has 1 N–H and O–H groups in total. The lowest BCUT2D eigenvalue weighted by Crippen LogP contribution is -2.41. The zero-order chi connectivity index (χ0) is 16.2. The van der Waals surface area contributed by atoms with E-state index in [1.54, 1.807) is 0 Å². The molecule has 1 aromatic heterocycles. The Morgan fingerprint density at radius 2 is 2.04 bits per heavy atom. The van der Waals surface area contributed by atoms with E-state index in [4.69, 9.17) is 4.74 Å². The second kappa shape index (κ2) is 7.15. The molecule has 23 heavy (non-hydrogen) atoms. The van der Waals surface area contributed by atoms with Gasteiger partial charge in [0.15, 0.2) is 0 Å². The van der Waals surface area contributed by atoms with Gasteiger partial charge in [-0.05, 0) is 12.0 Å². The van der Waals surface area contributed by atoms with Gasteiger partial charge in [0.25, 0.3) is 5.91 Å². The van der Waals surface area contributed by atoms with Crippen molar-refractivity contribution >= 4 is 16.8 Å². The Labute approximate surface area is 137 Å². The molecule has 0 radical (unpaired) electrons. The number of rotatable bonds is 5. The maximum absolute atomic E-state index is 12.5. The SMILES string of the molecule is C[C@@H](CNC(=O)c1cn(C)c2ccccc12)CN1CCOCC1. The molecule has 0 saturated carbocycles. The topological polar surface area (TPSA) is 46.5 Å². The van der Waals surface area contributed by atoms with Gasteiger partial charge in [0.1, 0.15) is 0 Å². The highest BCUT2D eigenvalue weighted by atomic mass is 16.5. The molecule has 1 saturated heterocycles. The summed E-state index contributed by atoms with van der Waals surface area (Å²) in [6.45, 7) is 7.48. The van der Waals surface area contributed by atoms with Gasteiger partial charge in [0.2, 0.25) is 0 Å². The highest BCUT2D eigenvalue weighted by Gasteiger charge is 2.16. The summed E-state index contributed by atoms with van der Waals surface area (Å²) in [5.74, 6) is 0.433. The molecule has 1 aliphatic heterocycles. The van der Waals surface area contributed by atoms with Crippen LogP contribution < -0.4 is 5.32 Å². The van der Waals surface area contributed by atoms with Crippen molar-refractivity contribution in [1.29, 1.82) is 0 Å². The van der Waals surface area contributed by atoms with E-state index in [1.165, 1.54) is 0 Å². The summed E-state index contributed by atoms with van der Waals surface area (Å²) in [5.41, 5.74) is 1.83. The molecule has 5 heteroatoms. The standard InChI is InChI=1S/C18H25N3O2/c1-14(12-21-7-9-23-10-8-21)11-19-18(22)16-13-20(2)17-6-4-3-5-15(16)17/h3-6,13-14H,7-12H2,1-2H3,(H,19,22)/t14-/m0/s1. The van der Waals surface area contributed by atoms with E-state index in [-0.39, 0.29) is 5.91 Å². The summed E-state index contributed by atoms with van der Waals surface area (Å²) in [7, 11) is 1.97. The fourth-order valence-electron chi connectivity index (χ4n) is 3.17. The maximum Gasteiger partial charge on any atom is 0.253 e. The van der Waals surface area contributed by atoms with E-state index in [9.17, 15) is 4.79 Å². The lowest BCUT2D eigenvalue weighted by Gasteiger charge is -2.29. The number of para-hydroxylation sites is 1. The number of nitrogens with one attached hydrogen (secondary N) is 1. The summed E-state index contributed by atoms with van der Waals surface area (Å²) >= 11 is 0. The van der Waals surface area contributed by atoms with E-state index in [1.807, 2.05) is 42.1 Å². The number of morpholine rings is 1. The minimum Gasteiger partial charge on any atom is -0.379 e. The molecule has 1 atom stereocenters. The fraction of sp³-hybridized carbons (Fsp3) is 0.500. The van der Waals surface area contributed by atoms with Crippen molar-refractivity contribution < 1.29 is 9.53 Å². The van der Waals surface area contributed by atoms with Crippen LogP contribution in [0.25, 0.3) is 10.9 Å². The molecule has 1 aliphatic rings. The van der Waals surface area contributed by atoms with Crippen molar-refractivity contribution in [3.63, 3.8) is 0 Å². The number of ether oxygens (including phenoxy) is 1. The predicted octanol–water partition coefficient (Wildman–Crippen LogP) is 1.88. The molecule has 1 fully saturated rings. The van der Waals surface area contributed by atoms with E-state index in [0.717, 1.165) is 49.3 Å². The van der Waals surface area contributed by atoms with Gasteiger partial charge < -0.3 is 14.6 Å². The highest BCUT2D eigenvalue weighted by molar-refractivity contribution is 6.06. The van der Waals surface area contributed by atoms with Crippen LogP contribution in [0.3, 0.4) is 0 Å². The largest absolute Gasteiger partial charge is 0.379 e. The monoisotopic (exact) mass is 315 g/mol. The summed E-state index contributed by atoms with van der Waals surface area (Å²) in [5, 5.41) is 4.09. The molecule has 1 amide bonds. The second-order valence-electron chi connectivity index (χ2n) is 6.40. The molecular formula is C18H25N3O2. The first kappa shape index (κ1) is 16.0. The maximum atomic E-state index is 12.5. The summed E-state index contributed by atoms with van der Waals surface area (Å²) < 4.78 is 7.37. The van der Waals surface area contributed by atoms with Crippen LogP contribution in [-0.2, 0) is 11.8 Å². The Hall–Kier alpha value is -1.85. The molecule has 1 aromatic carbocycles. The fourth-order valence-corrected chi connectivity index (χ4v) is 3.17. The number of fused-ring (bicyclic) bond motifs is 1. The second-order valence-corrected chi connectivity index (χ2v) is 6.40. The van der Waals surface area contributed by atoms with Gasteiger partial charge in [-0.25, -0.2) is 0 Å². The van der Waals surface area contributed by atoms with Crippen molar-refractivity contribution in [2.45, 2.75) is 6.92 Å². The molecule has 2 heterocycles. The molecular weight excluding hydrogens is 290 g/mol. The number of carbonyl (C=O) groups is 1. The number of amides is 1. The summed E-state index contributed by atoms with van der Waals surface area (Å²) in [6.07, 6.45) is 1.91. The average Bonchev–Trinajstić information content (AvgIpc) is 2.91. The lowest BCUT2D eigenvalue weighted by atomic mass is 10.1. The highest BCUT2D eigenvalue weighted by Crippen LogP contribution is 2.20. The molecule has 0 bridgehead atoms. The number of hydrogen-bond acceptors (Lipinski definition) is 3. The van der Waals surface area contributed by atoms with E-state index < -0.39 is 0 Å². The molecule has 124 valence electrons. The average molecular weight is 315 g/mol. The van der Waals surface area contributed by atoms with Crippen LogP contribution in [0, 0.1) is 5.92 Å². The Morgan fingerprint density at radius 1 is 1.30 bits per heavy atom. The summed E-state index contributed by atoms with van der Waals surface area (Å²) in [4.78, 5) is 14.9. The normalized spacial score (nSPS) is 17.3. The predicted molar refractivity (Wildman–Crippen MR) is 91.7 cm³/mol. The van der Waals surface area contributed by atoms with E-state index in [0.29, 0.717) is 12.5 Å². The van der Waals surface area contributed by atoms with Gasteiger partial charge in [0, 0.05) is 50.3 Å². The van der Waals surface area contributed by atoms with E-state index in [2.05, 4.69) is 17.1 Å². The minimum absolute atomic E-state index is 0.00984. The smallest absolute Gasteiger partial charge is 0.253 e. The van der Waals surface area contributed by atoms with Gasteiger partial charge >= 0.3 is 0 Å². The third-order valence-corrected chi connectivity index (χ3v) is 4.43. The van der Waals surface area contributed by atoms with Crippen LogP contribution in [0.2, 0.25) is 0 Å². The van der Waals surface area contributed by atoms with Crippen molar-refractivity contribution in [1.82, 2.24) is 14.8 Å². The van der Waals surface area contributed by atoms with Gasteiger partial charge in [-0.1, -0.05) is 25.1 Å². The molecule has 0 spiro atoms. The quantitative estimate of drug-likeness (QED) is 0.916. The van der Waals surface area contributed by atoms with Crippen LogP contribution in [0.15, 0.2) is 30.5 Å². The minimum atomic E-state index is 0.00984. The van der Waals surface area contributed by atoms with Crippen LogP contribution in [-0.4, -0.2) is 54.8 Å². The third-order valence-electron chi connectivity index (χ3n) is 4.43. The van der Waals surface area contributed by atoms with E-state index >= 15 is 0 Å². The summed E-state index contributed by atoms with van der Waals surface area (Å²) in [6, 6.07) is 8.00. The number of aryl methyl sites for hydroxylation is 1. The Balaban J connectivity index is 1.58. The zero-order valence-corrected chi connectivity index (χ0v) is 13.9. The molecule has 0 unspecified atom stereocenters. The van der Waals surface area contributed by atoms with Crippen molar-refractivity contribution in [2.75, 3.05) is 39.4 Å². The van der Waals surface area contributed by atoms with Crippen molar-refractivity contribution in [3.05, 3.63) is 36.0 Å². The number of aromatic nitrogens is 1. The Bertz CT molecular complexity index is 674. The first-order chi connectivity index (χ1) is 11.1. The number of carbonyl (C=O) groups excluding carboxylic acids is 1. The van der Waals surface area contributed by atoms with Gasteiger partial charge in [-0.15, -0.1) is 0 Å². The number of hydrogen-bond donors (Lipinski definition) is 1. The van der Waals surface area contributed by atoms with Crippen LogP contribution >= 0.6 is 0 Å². The van der Waals surface area contributed by atoms with Crippen molar-refractivity contribution in [2.24, 2.45) is 13.0 Å². The van der Waals surface area contributed by atoms with Crippen LogP contribution in [0.4, 0.5) is 0 Å². The third kappa shape index (κ3) is 3.74. The molecule has 5 nitrogen and oxygen atoms in total. The van der Waals surface area contributed by atoms with Gasteiger partial charge in [-0.3, -0.25) is 9.69 Å². The number of nitrogens with zero attached hydrogens (tertiary/aromatic N) is 2. The molecule has 2 aromatic rings. The lowest BCUT2D eigenvalue weighted by molar-refractivity contribution is 0.0317. The first-order valence-electron chi connectivity index (χ1n) is 8.27.